The summed E-state index contributed by atoms with van der Waals surface area (Å²) in [4.78, 5) is 14.8. The van der Waals surface area contributed by atoms with E-state index < -0.39 is 0 Å². The number of hydrogen-bond acceptors (Lipinski definition) is 5. The van der Waals surface area contributed by atoms with Crippen molar-refractivity contribution in [2.45, 2.75) is 13.0 Å². The number of halogens is 1. The Morgan fingerprint density at radius 2 is 1.73 bits per heavy atom. The maximum atomic E-state index is 13.0. The van der Waals surface area contributed by atoms with Gasteiger partial charge >= 0.3 is 0 Å². The highest BCUT2D eigenvalue weighted by molar-refractivity contribution is 6.30. The van der Waals surface area contributed by atoms with Gasteiger partial charge in [0.05, 0.1) is 5.70 Å². The topological polar surface area (TPSA) is 75.9 Å². The maximum Gasteiger partial charge on any atom is 0.251 e. The van der Waals surface area contributed by atoms with Gasteiger partial charge in [0.2, 0.25) is 5.91 Å². The number of fused-ring (bicyclic) bond motifs is 1. The lowest BCUT2D eigenvalue weighted by molar-refractivity contribution is -0.114. The predicted molar refractivity (Wildman–Crippen MR) is 129 cm³/mol. The molecule has 1 N–H and O–H groups in total. The van der Waals surface area contributed by atoms with Crippen molar-refractivity contribution in [1.82, 2.24) is 20.2 Å². The number of carbonyl (C=O) groups excluding carboxylic acids is 1. The number of aryl methyl sites for hydroxylation is 1. The fraction of sp³-hybridized carbons (Fsp3) is 0.120. The standard InChI is InChI=1S/C25H21ClN6O/c1-17-7-9-19(10-8-17)23-15-22(18-5-3-2-4-6-18)31(25-28-29-30-32(23)25)16-24(33)27-21-13-11-20(26)12-14-21/h2-15,23H,16H2,1H3,(H,27,33). The number of aromatic nitrogens is 4. The molecule has 1 amide bonds. The maximum absolute atomic E-state index is 13.0. The van der Waals surface area contributed by atoms with E-state index in [1.165, 1.54) is 5.56 Å². The van der Waals surface area contributed by atoms with Gasteiger partial charge in [-0.1, -0.05) is 76.9 Å². The van der Waals surface area contributed by atoms with Gasteiger partial charge in [0.25, 0.3) is 5.95 Å². The minimum atomic E-state index is -0.193. The summed E-state index contributed by atoms with van der Waals surface area (Å²) in [5, 5.41) is 16.0. The van der Waals surface area contributed by atoms with Gasteiger partial charge in [-0.05, 0) is 58.8 Å². The van der Waals surface area contributed by atoms with Gasteiger partial charge in [-0.15, -0.1) is 0 Å². The van der Waals surface area contributed by atoms with E-state index in [2.05, 4.69) is 58.1 Å². The Bertz CT molecular complexity index is 1300. The summed E-state index contributed by atoms with van der Waals surface area (Å²) < 4.78 is 1.74. The average Bonchev–Trinajstić information content (AvgIpc) is 3.32. The molecule has 0 radical (unpaired) electrons. The summed E-state index contributed by atoms with van der Waals surface area (Å²) >= 11 is 5.95. The number of allylic oxidation sites excluding steroid dienone is 1. The van der Waals surface area contributed by atoms with Crippen LogP contribution in [0, 0.1) is 6.92 Å². The second-order valence-corrected chi connectivity index (χ2v) is 8.27. The molecule has 5 rings (SSSR count). The zero-order chi connectivity index (χ0) is 22.8. The van der Waals surface area contributed by atoms with Crippen molar-refractivity contribution in [3.05, 3.63) is 107 Å². The number of rotatable bonds is 5. The van der Waals surface area contributed by atoms with Crippen LogP contribution in [0.5, 0.6) is 0 Å². The second-order valence-electron chi connectivity index (χ2n) is 7.84. The summed E-state index contributed by atoms with van der Waals surface area (Å²) in [6.07, 6.45) is 2.10. The summed E-state index contributed by atoms with van der Waals surface area (Å²) in [5.74, 6) is 0.315. The molecule has 164 valence electrons. The van der Waals surface area contributed by atoms with E-state index in [1.807, 2.05) is 35.2 Å². The van der Waals surface area contributed by atoms with Crippen LogP contribution in [0.3, 0.4) is 0 Å². The number of hydrogen-bond donors (Lipinski definition) is 1. The average molecular weight is 457 g/mol. The lowest BCUT2D eigenvalue weighted by Crippen LogP contribution is -2.37. The van der Waals surface area contributed by atoms with Crippen LogP contribution < -0.4 is 10.2 Å². The molecule has 7 nitrogen and oxygen atoms in total. The number of carbonyl (C=O) groups is 1. The molecule has 1 atom stereocenters. The molecule has 1 aromatic heterocycles. The van der Waals surface area contributed by atoms with Gasteiger partial charge in [0.1, 0.15) is 12.6 Å². The highest BCUT2D eigenvalue weighted by Gasteiger charge is 2.31. The summed E-state index contributed by atoms with van der Waals surface area (Å²) in [7, 11) is 0. The lowest BCUT2D eigenvalue weighted by atomic mass is 10.00. The van der Waals surface area contributed by atoms with Crippen LogP contribution in [-0.4, -0.2) is 32.7 Å². The molecule has 0 aliphatic carbocycles. The van der Waals surface area contributed by atoms with Crippen molar-refractivity contribution in [3.63, 3.8) is 0 Å². The normalized spacial score (nSPS) is 15.0. The van der Waals surface area contributed by atoms with Crippen molar-refractivity contribution < 1.29 is 4.79 Å². The Kier molecular flexibility index (Phi) is 5.62. The zero-order valence-electron chi connectivity index (χ0n) is 17.9. The molecule has 0 bridgehead atoms. The van der Waals surface area contributed by atoms with Crippen molar-refractivity contribution in [3.8, 4) is 0 Å². The van der Waals surface area contributed by atoms with Crippen LogP contribution in [0.4, 0.5) is 11.6 Å². The molecule has 0 fully saturated rings. The molecule has 33 heavy (non-hydrogen) atoms. The third-order valence-electron chi connectivity index (χ3n) is 5.51. The van der Waals surface area contributed by atoms with Crippen LogP contribution >= 0.6 is 11.6 Å². The number of amides is 1. The van der Waals surface area contributed by atoms with Gasteiger partial charge in [-0.2, -0.15) is 4.68 Å². The van der Waals surface area contributed by atoms with Crippen LogP contribution in [0.1, 0.15) is 22.7 Å². The molecule has 8 heteroatoms. The molecule has 0 saturated carbocycles. The number of benzene rings is 3. The van der Waals surface area contributed by atoms with E-state index in [9.17, 15) is 4.79 Å². The van der Waals surface area contributed by atoms with Crippen LogP contribution in [-0.2, 0) is 4.79 Å². The molecule has 4 aromatic rings. The highest BCUT2D eigenvalue weighted by atomic mass is 35.5. The lowest BCUT2D eigenvalue weighted by Gasteiger charge is -2.32. The Morgan fingerprint density at radius 1 is 1.00 bits per heavy atom. The number of nitrogens with one attached hydrogen (secondary N) is 1. The number of tetrazole rings is 1. The van der Waals surface area contributed by atoms with Gasteiger partial charge in [0.15, 0.2) is 0 Å². The first kappa shape index (κ1) is 20.9. The fourth-order valence-corrected chi connectivity index (χ4v) is 3.99. The van der Waals surface area contributed by atoms with E-state index in [0.717, 1.165) is 16.8 Å². The van der Waals surface area contributed by atoms with Crippen molar-refractivity contribution in [2.75, 3.05) is 16.8 Å². The SMILES string of the molecule is Cc1ccc(C2C=C(c3ccccc3)N(CC(=O)Nc3ccc(Cl)cc3)c3nnnn32)cc1. The van der Waals surface area contributed by atoms with Gasteiger partial charge in [-0.3, -0.25) is 9.69 Å². The Balaban J connectivity index is 1.52. The number of nitrogens with zero attached hydrogens (tertiary/aromatic N) is 5. The third kappa shape index (κ3) is 4.36. The first-order valence-electron chi connectivity index (χ1n) is 10.5. The van der Waals surface area contributed by atoms with E-state index in [-0.39, 0.29) is 18.5 Å². The van der Waals surface area contributed by atoms with E-state index >= 15 is 0 Å². The number of anilines is 2. The molecule has 0 spiro atoms. The second kappa shape index (κ2) is 8.88. The molecule has 1 aliphatic rings. The molecule has 0 saturated heterocycles. The van der Waals surface area contributed by atoms with Gasteiger partial charge in [0, 0.05) is 10.7 Å². The quantitative estimate of drug-likeness (QED) is 0.470. The van der Waals surface area contributed by atoms with E-state index in [1.54, 1.807) is 28.9 Å². The smallest absolute Gasteiger partial charge is 0.251 e. The highest BCUT2D eigenvalue weighted by Crippen LogP contribution is 2.36. The van der Waals surface area contributed by atoms with Crippen molar-refractivity contribution in [1.29, 1.82) is 0 Å². The molecular weight excluding hydrogens is 436 g/mol. The van der Waals surface area contributed by atoms with E-state index in [0.29, 0.717) is 16.7 Å². The summed E-state index contributed by atoms with van der Waals surface area (Å²) in [6.45, 7) is 2.10. The Morgan fingerprint density at radius 3 is 2.45 bits per heavy atom. The Labute approximate surface area is 196 Å². The monoisotopic (exact) mass is 456 g/mol. The largest absolute Gasteiger partial charge is 0.325 e. The molecule has 2 heterocycles. The molecule has 1 unspecified atom stereocenters. The third-order valence-corrected chi connectivity index (χ3v) is 5.76. The van der Waals surface area contributed by atoms with Gasteiger partial charge in [-0.25, -0.2) is 0 Å². The van der Waals surface area contributed by atoms with Crippen LogP contribution in [0.15, 0.2) is 84.9 Å². The summed E-state index contributed by atoms with van der Waals surface area (Å²) in [6, 6.07) is 25.0. The van der Waals surface area contributed by atoms with Crippen molar-refractivity contribution in [2.24, 2.45) is 0 Å². The molecule has 3 aromatic carbocycles. The fourth-order valence-electron chi connectivity index (χ4n) is 3.86. The predicted octanol–water partition coefficient (Wildman–Crippen LogP) is 4.72. The van der Waals surface area contributed by atoms with Crippen molar-refractivity contribution >= 4 is 34.8 Å². The first-order chi connectivity index (χ1) is 16.1. The van der Waals surface area contributed by atoms with Crippen LogP contribution in [0.25, 0.3) is 5.70 Å². The first-order valence-corrected chi connectivity index (χ1v) is 10.9. The van der Waals surface area contributed by atoms with Gasteiger partial charge < -0.3 is 5.32 Å². The minimum absolute atomic E-state index is 0.0460. The molecule has 1 aliphatic heterocycles. The minimum Gasteiger partial charge on any atom is -0.325 e. The Hall–Kier alpha value is -3.97. The zero-order valence-corrected chi connectivity index (χ0v) is 18.6. The van der Waals surface area contributed by atoms with E-state index in [4.69, 9.17) is 11.6 Å². The summed E-state index contributed by atoms with van der Waals surface area (Å²) in [5.41, 5.74) is 4.76. The van der Waals surface area contributed by atoms with Crippen LogP contribution in [0.2, 0.25) is 5.02 Å². The molecular formula is C25H21ClN6O.